The molecule has 2 aromatic heterocycles. The summed E-state index contributed by atoms with van der Waals surface area (Å²) >= 11 is 1.77. The second-order valence-electron chi connectivity index (χ2n) is 4.48. The zero-order valence-corrected chi connectivity index (χ0v) is 11.2. The number of carbonyl (C=O) groups excluding carboxylic acids is 1. The Hall–Kier alpha value is -1.62. The van der Waals surface area contributed by atoms with E-state index in [4.69, 9.17) is 4.42 Å². The minimum Gasteiger partial charge on any atom is -0.448 e. The molecule has 18 heavy (non-hydrogen) atoms. The SMILES string of the molecule is Cc1nc(C(=O)N2CCc3sccc3[C@@H]2C)co1. The first kappa shape index (κ1) is 11.5. The molecular weight excluding hydrogens is 248 g/mol. The molecule has 1 aliphatic rings. The van der Waals surface area contributed by atoms with Crippen LogP contribution in [-0.4, -0.2) is 22.3 Å². The standard InChI is InChI=1S/C13H14N2O2S/c1-8-10-4-6-18-12(10)3-5-15(8)13(16)11-7-17-9(2)14-11/h4,6-8H,3,5H2,1-2H3/t8-/m0/s1. The first-order valence-electron chi connectivity index (χ1n) is 5.96. The van der Waals surface area contributed by atoms with Crippen molar-refractivity contribution in [3.63, 3.8) is 0 Å². The lowest BCUT2D eigenvalue weighted by atomic mass is 10.0. The quantitative estimate of drug-likeness (QED) is 0.794. The molecule has 3 heterocycles. The Labute approximate surface area is 109 Å². The molecule has 3 rings (SSSR count). The van der Waals surface area contributed by atoms with Crippen LogP contribution in [0.4, 0.5) is 0 Å². The van der Waals surface area contributed by atoms with E-state index >= 15 is 0 Å². The normalized spacial score (nSPS) is 18.8. The number of hydrogen-bond acceptors (Lipinski definition) is 4. The maximum atomic E-state index is 12.4. The lowest BCUT2D eigenvalue weighted by Gasteiger charge is -2.33. The number of nitrogens with zero attached hydrogens (tertiary/aromatic N) is 2. The van der Waals surface area contributed by atoms with Gasteiger partial charge in [-0.05, 0) is 30.4 Å². The van der Waals surface area contributed by atoms with Gasteiger partial charge in [-0.3, -0.25) is 4.79 Å². The largest absolute Gasteiger partial charge is 0.448 e. The van der Waals surface area contributed by atoms with Crippen molar-refractivity contribution in [3.8, 4) is 0 Å². The predicted molar refractivity (Wildman–Crippen MR) is 68.7 cm³/mol. The van der Waals surface area contributed by atoms with Crippen molar-refractivity contribution in [2.75, 3.05) is 6.54 Å². The predicted octanol–water partition coefficient (Wildman–Crippen LogP) is 2.80. The highest BCUT2D eigenvalue weighted by atomic mass is 32.1. The summed E-state index contributed by atoms with van der Waals surface area (Å²) in [7, 11) is 0. The summed E-state index contributed by atoms with van der Waals surface area (Å²) < 4.78 is 5.11. The van der Waals surface area contributed by atoms with E-state index in [0.29, 0.717) is 11.6 Å². The van der Waals surface area contributed by atoms with Gasteiger partial charge in [-0.2, -0.15) is 0 Å². The third-order valence-corrected chi connectivity index (χ3v) is 4.37. The second-order valence-corrected chi connectivity index (χ2v) is 5.48. The number of amides is 1. The van der Waals surface area contributed by atoms with Gasteiger partial charge in [0.2, 0.25) is 0 Å². The highest BCUT2D eigenvalue weighted by Gasteiger charge is 2.30. The van der Waals surface area contributed by atoms with Gasteiger partial charge in [-0.1, -0.05) is 0 Å². The molecule has 1 amide bonds. The van der Waals surface area contributed by atoms with Crippen molar-refractivity contribution >= 4 is 17.2 Å². The lowest BCUT2D eigenvalue weighted by Crippen LogP contribution is -2.38. The Morgan fingerprint density at radius 3 is 3.17 bits per heavy atom. The highest BCUT2D eigenvalue weighted by Crippen LogP contribution is 2.33. The fraction of sp³-hybridized carbons (Fsp3) is 0.385. The van der Waals surface area contributed by atoms with Crippen LogP contribution in [0.2, 0.25) is 0 Å². The summed E-state index contributed by atoms with van der Waals surface area (Å²) in [6, 6.07) is 2.22. The molecule has 94 valence electrons. The summed E-state index contributed by atoms with van der Waals surface area (Å²) in [6.45, 7) is 4.56. The van der Waals surface area contributed by atoms with Gasteiger partial charge in [-0.15, -0.1) is 11.3 Å². The first-order valence-corrected chi connectivity index (χ1v) is 6.84. The second kappa shape index (κ2) is 4.24. The molecule has 1 atom stereocenters. The lowest BCUT2D eigenvalue weighted by molar-refractivity contribution is 0.0673. The summed E-state index contributed by atoms with van der Waals surface area (Å²) in [6.07, 6.45) is 2.37. The van der Waals surface area contributed by atoms with E-state index in [0.717, 1.165) is 13.0 Å². The summed E-state index contributed by atoms with van der Waals surface area (Å²) in [5, 5.41) is 2.09. The molecule has 4 nitrogen and oxygen atoms in total. The van der Waals surface area contributed by atoms with E-state index in [2.05, 4.69) is 23.4 Å². The van der Waals surface area contributed by atoms with Crippen LogP contribution in [0.5, 0.6) is 0 Å². The number of rotatable bonds is 1. The van der Waals surface area contributed by atoms with Gasteiger partial charge in [0.1, 0.15) is 6.26 Å². The number of thiophene rings is 1. The van der Waals surface area contributed by atoms with E-state index in [1.165, 1.54) is 16.7 Å². The topological polar surface area (TPSA) is 46.3 Å². The average molecular weight is 262 g/mol. The van der Waals surface area contributed by atoms with Crippen molar-refractivity contribution in [2.24, 2.45) is 0 Å². The Kier molecular flexibility index (Phi) is 2.70. The van der Waals surface area contributed by atoms with Gasteiger partial charge in [0.25, 0.3) is 5.91 Å². The van der Waals surface area contributed by atoms with Crippen molar-refractivity contribution in [1.82, 2.24) is 9.88 Å². The summed E-state index contributed by atoms with van der Waals surface area (Å²) in [5.41, 5.74) is 1.66. The summed E-state index contributed by atoms with van der Waals surface area (Å²) in [5.74, 6) is 0.482. The van der Waals surface area contributed by atoms with Gasteiger partial charge < -0.3 is 9.32 Å². The molecule has 0 radical (unpaired) electrons. The Morgan fingerprint density at radius 1 is 1.61 bits per heavy atom. The molecule has 0 fully saturated rings. The molecule has 0 saturated carbocycles. The third kappa shape index (κ3) is 1.75. The van der Waals surface area contributed by atoms with Crippen molar-refractivity contribution in [3.05, 3.63) is 39.7 Å². The van der Waals surface area contributed by atoms with Crippen LogP contribution in [0.3, 0.4) is 0 Å². The van der Waals surface area contributed by atoms with Crippen LogP contribution in [0.25, 0.3) is 0 Å². The Bertz CT molecular complexity index is 587. The van der Waals surface area contributed by atoms with Gasteiger partial charge in [0.05, 0.1) is 6.04 Å². The van der Waals surface area contributed by atoms with Crippen molar-refractivity contribution in [2.45, 2.75) is 26.3 Å². The molecule has 0 bridgehead atoms. The number of carbonyl (C=O) groups is 1. The van der Waals surface area contributed by atoms with Gasteiger partial charge in [0, 0.05) is 18.3 Å². The fourth-order valence-electron chi connectivity index (χ4n) is 2.40. The third-order valence-electron chi connectivity index (χ3n) is 3.38. The van der Waals surface area contributed by atoms with Crippen LogP contribution in [-0.2, 0) is 6.42 Å². The summed E-state index contributed by atoms with van der Waals surface area (Å²) in [4.78, 5) is 19.7. The molecular formula is C13H14N2O2S. The van der Waals surface area contributed by atoms with Crippen LogP contribution in [0.1, 0.15) is 39.8 Å². The van der Waals surface area contributed by atoms with Gasteiger partial charge >= 0.3 is 0 Å². The zero-order chi connectivity index (χ0) is 12.7. The number of aromatic nitrogens is 1. The molecule has 1 aliphatic heterocycles. The Balaban J connectivity index is 1.88. The molecule has 0 unspecified atom stereocenters. The van der Waals surface area contributed by atoms with Crippen LogP contribution in [0, 0.1) is 6.92 Å². The maximum absolute atomic E-state index is 12.4. The molecule has 0 aliphatic carbocycles. The van der Waals surface area contributed by atoms with Gasteiger partial charge in [0.15, 0.2) is 11.6 Å². The minimum atomic E-state index is -0.0452. The van der Waals surface area contributed by atoms with Crippen molar-refractivity contribution < 1.29 is 9.21 Å². The number of oxazole rings is 1. The molecule has 0 saturated heterocycles. The molecule has 0 aromatic carbocycles. The monoisotopic (exact) mass is 262 g/mol. The molecule has 0 spiro atoms. The minimum absolute atomic E-state index is 0.0452. The number of aryl methyl sites for hydroxylation is 1. The van der Waals surface area contributed by atoms with E-state index in [1.807, 2.05) is 4.90 Å². The average Bonchev–Trinajstić information content (AvgIpc) is 2.97. The molecule has 0 N–H and O–H groups in total. The van der Waals surface area contributed by atoms with E-state index in [1.54, 1.807) is 18.3 Å². The smallest absolute Gasteiger partial charge is 0.276 e. The highest BCUT2D eigenvalue weighted by molar-refractivity contribution is 7.10. The van der Waals surface area contributed by atoms with Crippen LogP contribution in [0.15, 0.2) is 22.1 Å². The number of hydrogen-bond donors (Lipinski definition) is 0. The first-order chi connectivity index (χ1) is 8.66. The molecule has 2 aromatic rings. The Morgan fingerprint density at radius 2 is 2.44 bits per heavy atom. The maximum Gasteiger partial charge on any atom is 0.276 e. The zero-order valence-electron chi connectivity index (χ0n) is 10.3. The number of fused-ring (bicyclic) bond motifs is 1. The van der Waals surface area contributed by atoms with Gasteiger partial charge in [-0.25, -0.2) is 4.98 Å². The molecule has 5 heteroatoms. The van der Waals surface area contributed by atoms with E-state index < -0.39 is 0 Å². The van der Waals surface area contributed by atoms with Crippen molar-refractivity contribution in [1.29, 1.82) is 0 Å². The van der Waals surface area contributed by atoms with Crippen LogP contribution >= 0.6 is 11.3 Å². The fourth-order valence-corrected chi connectivity index (χ4v) is 3.36. The van der Waals surface area contributed by atoms with Crippen LogP contribution < -0.4 is 0 Å². The van der Waals surface area contributed by atoms with E-state index in [9.17, 15) is 4.79 Å². The van der Waals surface area contributed by atoms with E-state index in [-0.39, 0.29) is 11.9 Å².